The first-order valence-electron chi connectivity index (χ1n) is 10.7. The molecule has 0 radical (unpaired) electrons. The molecule has 1 aliphatic carbocycles. The molecule has 1 saturated carbocycles. The first kappa shape index (κ1) is 27.2. The SMILES string of the molecule is C=CC(F)(F)c1c(C(F)(F)C(F)(F)F)nn(C)c1-c1cnc(-c2ccc(Cl)c(C(=O)NC3(C#N)CC3)c2)[nH]1. The molecule has 38 heavy (non-hydrogen) atoms. The third kappa shape index (κ3) is 4.51. The molecule has 2 N–H and O–H groups in total. The number of aryl methyl sites for hydroxylation is 1. The summed E-state index contributed by atoms with van der Waals surface area (Å²) in [6, 6.07) is 6.03. The van der Waals surface area contributed by atoms with Crippen molar-refractivity contribution in [2.45, 2.75) is 36.4 Å². The van der Waals surface area contributed by atoms with Crippen LogP contribution in [0, 0.1) is 11.3 Å². The number of amides is 1. The van der Waals surface area contributed by atoms with Gasteiger partial charge in [0.1, 0.15) is 11.4 Å². The van der Waals surface area contributed by atoms with Gasteiger partial charge in [-0.1, -0.05) is 18.2 Å². The van der Waals surface area contributed by atoms with Gasteiger partial charge in [-0.05, 0) is 37.1 Å². The van der Waals surface area contributed by atoms with Crippen molar-refractivity contribution >= 4 is 17.5 Å². The van der Waals surface area contributed by atoms with Crippen molar-refractivity contribution in [1.82, 2.24) is 25.1 Å². The average Bonchev–Trinajstić information content (AvgIpc) is 3.27. The summed E-state index contributed by atoms with van der Waals surface area (Å²) in [5.41, 5.74) is -5.85. The maximum atomic E-state index is 14.7. The predicted molar refractivity (Wildman–Crippen MR) is 120 cm³/mol. The number of carbonyl (C=O) groups excluding carboxylic acids is 1. The van der Waals surface area contributed by atoms with E-state index in [0.717, 1.165) is 13.2 Å². The zero-order valence-corrected chi connectivity index (χ0v) is 20.0. The average molecular weight is 561 g/mol. The highest BCUT2D eigenvalue weighted by Crippen LogP contribution is 2.50. The van der Waals surface area contributed by atoms with Crippen LogP contribution >= 0.6 is 11.6 Å². The van der Waals surface area contributed by atoms with Gasteiger partial charge in [-0.2, -0.15) is 41.1 Å². The molecule has 15 heteroatoms. The van der Waals surface area contributed by atoms with E-state index in [2.05, 4.69) is 27.0 Å². The van der Waals surface area contributed by atoms with Gasteiger partial charge in [-0.15, -0.1) is 0 Å². The number of aromatic nitrogens is 4. The Morgan fingerprint density at radius 3 is 2.47 bits per heavy atom. The summed E-state index contributed by atoms with van der Waals surface area (Å²) in [6.45, 7) is 2.85. The summed E-state index contributed by atoms with van der Waals surface area (Å²) in [5.74, 6) is -10.7. The summed E-state index contributed by atoms with van der Waals surface area (Å²) < 4.78 is 97.5. The van der Waals surface area contributed by atoms with Gasteiger partial charge in [-0.25, -0.2) is 4.98 Å². The van der Waals surface area contributed by atoms with Crippen LogP contribution in [-0.4, -0.2) is 37.4 Å². The molecule has 0 aliphatic heterocycles. The van der Waals surface area contributed by atoms with Crippen molar-refractivity contribution in [2.24, 2.45) is 7.05 Å². The number of rotatable bonds is 7. The van der Waals surface area contributed by atoms with Crippen LogP contribution in [0.2, 0.25) is 5.02 Å². The van der Waals surface area contributed by atoms with Crippen LogP contribution in [0.4, 0.5) is 30.7 Å². The predicted octanol–water partition coefficient (Wildman–Crippen LogP) is 5.85. The maximum absolute atomic E-state index is 14.7. The van der Waals surface area contributed by atoms with Crippen molar-refractivity contribution in [3.8, 4) is 28.8 Å². The Morgan fingerprint density at radius 2 is 1.92 bits per heavy atom. The molecule has 1 aliphatic rings. The molecule has 200 valence electrons. The Kier molecular flexibility index (Phi) is 6.34. The molecule has 0 bridgehead atoms. The summed E-state index contributed by atoms with van der Waals surface area (Å²) in [4.78, 5) is 19.2. The highest BCUT2D eigenvalue weighted by Gasteiger charge is 2.63. The fourth-order valence-corrected chi connectivity index (χ4v) is 3.92. The quantitative estimate of drug-likeness (QED) is 0.280. The second-order valence-electron chi connectivity index (χ2n) is 8.58. The van der Waals surface area contributed by atoms with Gasteiger partial charge >= 0.3 is 12.1 Å². The molecule has 0 spiro atoms. The summed E-state index contributed by atoms with van der Waals surface area (Å²) in [5, 5.41) is 14.9. The zero-order valence-electron chi connectivity index (χ0n) is 19.2. The lowest BCUT2D eigenvalue weighted by molar-refractivity contribution is -0.291. The Balaban J connectivity index is 1.79. The van der Waals surface area contributed by atoms with Crippen molar-refractivity contribution in [3.05, 3.63) is 58.9 Å². The monoisotopic (exact) mass is 560 g/mol. The second-order valence-corrected chi connectivity index (χ2v) is 8.99. The standard InChI is InChI=1S/C23H16ClF7N6O/c1-3-21(25,26)15-16(37(2)36-17(15)22(27,28)23(29,30)31)14-9-33-18(34-14)11-4-5-13(24)12(8-11)19(38)35-20(10-32)6-7-20/h3-5,8-9H,1,6-7H2,2H3,(H,33,34)(H,35,38). The van der Waals surface area contributed by atoms with Crippen LogP contribution < -0.4 is 5.32 Å². The Morgan fingerprint density at radius 1 is 1.26 bits per heavy atom. The number of alkyl halides is 7. The van der Waals surface area contributed by atoms with Crippen LogP contribution in [-0.2, 0) is 18.9 Å². The molecule has 1 fully saturated rings. The zero-order chi connectivity index (χ0) is 28.3. The third-order valence-corrected chi connectivity index (χ3v) is 6.25. The summed E-state index contributed by atoms with van der Waals surface area (Å²) >= 11 is 6.12. The number of imidazole rings is 1. The van der Waals surface area contributed by atoms with Gasteiger partial charge in [0.25, 0.3) is 11.8 Å². The number of nitriles is 1. The number of H-pyrrole nitrogens is 1. The van der Waals surface area contributed by atoms with Crippen molar-refractivity contribution in [3.63, 3.8) is 0 Å². The molecule has 2 aromatic heterocycles. The molecular formula is C23H16ClF7N6O. The molecular weight excluding hydrogens is 545 g/mol. The maximum Gasteiger partial charge on any atom is 0.459 e. The largest absolute Gasteiger partial charge is 0.459 e. The van der Waals surface area contributed by atoms with Crippen LogP contribution in [0.1, 0.15) is 34.5 Å². The van der Waals surface area contributed by atoms with Crippen LogP contribution in [0.5, 0.6) is 0 Å². The molecule has 4 rings (SSSR count). The Hall–Kier alpha value is -3.86. The van der Waals surface area contributed by atoms with E-state index in [-0.39, 0.29) is 33.7 Å². The molecule has 1 aromatic carbocycles. The van der Waals surface area contributed by atoms with E-state index in [1.54, 1.807) is 0 Å². The normalized spacial score (nSPS) is 15.2. The number of allylic oxidation sites excluding steroid dienone is 1. The Bertz CT molecular complexity index is 1480. The number of aromatic amines is 1. The molecule has 0 unspecified atom stereocenters. The van der Waals surface area contributed by atoms with Crippen molar-refractivity contribution in [1.29, 1.82) is 5.26 Å². The Labute approximate surface area is 214 Å². The van der Waals surface area contributed by atoms with E-state index >= 15 is 0 Å². The topological polar surface area (TPSA) is 99.4 Å². The third-order valence-electron chi connectivity index (χ3n) is 5.92. The lowest BCUT2D eigenvalue weighted by Gasteiger charge is -2.21. The molecule has 2 heterocycles. The highest BCUT2D eigenvalue weighted by molar-refractivity contribution is 6.34. The number of nitrogens with one attached hydrogen (secondary N) is 2. The van der Waals surface area contributed by atoms with Gasteiger partial charge in [0, 0.05) is 12.6 Å². The number of hydrogen-bond donors (Lipinski definition) is 2. The number of halogens is 8. The van der Waals surface area contributed by atoms with E-state index in [1.165, 1.54) is 18.2 Å². The van der Waals surface area contributed by atoms with Gasteiger partial charge in [-0.3, -0.25) is 9.48 Å². The van der Waals surface area contributed by atoms with E-state index < -0.39 is 46.4 Å². The van der Waals surface area contributed by atoms with E-state index in [9.17, 15) is 40.8 Å². The van der Waals surface area contributed by atoms with Crippen molar-refractivity contribution < 1.29 is 35.5 Å². The van der Waals surface area contributed by atoms with E-state index in [0.29, 0.717) is 17.5 Å². The highest BCUT2D eigenvalue weighted by atomic mass is 35.5. The van der Waals surface area contributed by atoms with Gasteiger partial charge in [0.15, 0.2) is 5.69 Å². The lowest BCUT2D eigenvalue weighted by Crippen LogP contribution is -2.36. The lowest BCUT2D eigenvalue weighted by atomic mass is 10.00. The van der Waals surface area contributed by atoms with Gasteiger partial charge in [0.2, 0.25) is 0 Å². The number of nitrogens with zero attached hydrogens (tertiary/aromatic N) is 4. The second kappa shape index (κ2) is 8.87. The fourth-order valence-electron chi connectivity index (χ4n) is 3.71. The first-order valence-corrected chi connectivity index (χ1v) is 11.1. The van der Waals surface area contributed by atoms with Crippen LogP contribution in [0.3, 0.4) is 0 Å². The van der Waals surface area contributed by atoms with Crippen molar-refractivity contribution in [2.75, 3.05) is 0 Å². The minimum absolute atomic E-state index is 0.0323. The summed E-state index contributed by atoms with van der Waals surface area (Å²) in [7, 11) is 0.919. The molecule has 0 atom stereocenters. The molecule has 0 saturated heterocycles. The number of hydrogen-bond acceptors (Lipinski definition) is 4. The fraction of sp³-hybridized carbons (Fsp3) is 0.304. The smallest absolute Gasteiger partial charge is 0.337 e. The number of carbonyl (C=O) groups is 1. The van der Waals surface area contributed by atoms with Crippen LogP contribution in [0.25, 0.3) is 22.8 Å². The number of benzene rings is 1. The van der Waals surface area contributed by atoms with E-state index in [4.69, 9.17) is 11.6 Å². The minimum Gasteiger partial charge on any atom is -0.337 e. The molecule has 7 nitrogen and oxygen atoms in total. The van der Waals surface area contributed by atoms with Crippen LogP contribution in [0.15, 0.2) is 37.1 Å². The van der Waals surface area contributed by atoms with E-state index in [1.807, 2.05) is 6.07 Å². The molecule has 3 aromatic rings. The first-order chi connectivity index (χ1) is 17.6. The van der Waals surface area contributed by atoms with Gasteiger partial charge in [0.05, 0.1) is 39.8 Å². The van der Waals surface area contributed by atoms with Gasteiger partial charge < -0.3 is 10.3 Å². The summed E-state index contributed by atoms with van der Waals surface area (Å²) in [6.07, 6.45) is -4.40. The molecule has 1 amide bonds. The minimum atomic E-state index is -6.20.